The Morgan fingerprint density at radius 2 is 1.86 bits per heavy atom. The number of anilines is 3. The summed E-state index contributed by atoms with van der Waals surface area (Å²) in [4.78, 5) is 13.0. The van der Waals surface area contributed by atoms with E-state index in [2.05, 4.69) is 46.8 Å². The van der Waals surface area contributed by atoms with Crippen molar-refractivity contribution in [1.29, 1.82) is 0 Å². The Morgan fingerprint density at radius 1 is 1.03 bits per heavy atom. The number of carbonyl (C=O) groups is 1. The van der Waals surface area contributed by atoms with E-state index in [9.17, 15) is 4.79 Å². The third kappa shape index (κ3) is 4.82. The molecule has 0 saturated heterocycles. The van der Waals surface area contributed by atoms with Crippen molar-refractivity contribution in [2.45, 2.75) is 30.4 Å². The molecular weight excluding hydrogens is 480 g/mol. The second kappa shape index (κ2) is 9.59. The van der Waals surface area contributed by atoms with Crippen LogP contribution in [0.4, 0.5) is 16.5 Å². The molecule has 9 heteroatoms. The van der Waals surface area contributed by atoms with Crippen molar-refractivity contribution in [3.8, 4) is 5.75 Å². The van der Waals surface area contributed by atoms with E-state index >= 15 is 0 Å². The van der Waals surface area contributed by atoms with Gasteiger partial charge in [-0.25, -0.2) is 0 Å². The van der Waals surface area contributed by atoms with Crippen molar-refractivity contribution in [2.75, 3.05) is 17.7 Å². The van der Waals surface area contributed by atoms with Crippen LogP contribution in [-0.4, -0.2) is 28.5 Å². The van der Waals surface area contributed by atoms with Gasteiger partial charge in [-0.05, 0) is 56.2 Å². The number of fused-ring (bicyclic) bond motifs is 3. The average Bonchev–Trinajstić information content (AvgIpc) is 3.44. The van der Waals surface area contributed by atoms with Crippen LogP contribution in [0.5, 0.6) is 5.75 Å². The van der Waals surface area contributed by atoms with Gasteiger partial charge in [-0.3, -0.25) is 4.79 Å². The van der Waals surface area contributed by atoms with E-state index < -0.39 is 5.25 Å². The van der Waals surface area contributed by atoms with Crippen molar-refractivity contribution in [1.82, 2.24) is 10.2 Å². The Bertz CT molecular complexity index is 1540. The summed E-state index contributed by atoms with van der Waals surface area (Å²) in [6, 6.07) is 17.7. The Morgan fingerprint density at radius 3 is 2.66 bits per heavy atom. The first-order valence-electron chi connectivity index (χ1n) is 11.1. The van der Waals surface area contributed by atoms with Gasteiger partial charge in [-0.1, -0.05) is 47.4 Å². The van der Waals surface area contributed by atoms with E-state index in [1.54, 1.807) is 13.2 Å². The summed E-state index contributed by atoms with van der Waals surface area (Å²) in [5.74, 6) is 0.410. The number of nitrogens with zero attached hydrogens (tertiary/aromatic N) is 2. The van der Waals surface area contributed by atoms with Gasteiger partial charge in [-0.15, -0.1) is 10.2 Å². The predicted octanol–water partition coefficient (Wildman–Crippen LogP) is 6.93. The Hall–Kier alpha value is -3.56. The second-order valence-electron chi connectivity index (χ2n) is 8.19. The number of aromatic nitrogens is 2. The fourth-order valence-corrected chi connectivity index (χ4v) is 5.62. The first-order valence-corrected chi connectivity index (χ1v) is 12.8. The Balaban J connectivity index is 1.28. The van der Waals surface area contributed by atoms with E-state index in [0.29, 0.717) is 26.5 Å². The van der Waals surface area contributed by atoms with Gasteiger partial charge in [0.25, 0.3) is 0 Å². The maximum absolute atomic E-state index is 13.0. The minimum atomic E-state index is -0.395. The topological polar surface area (TPSA) is 89.3 Å². The molecular formula is C26H24N4O3S2. The van der Waals surface area contributed by atoms with Crippen LogP contribution < -0.4 is 15.4 Å². The van der Waals surface area contributed by atoms with Gasteiger partial charge in [0.1, 0.15) is 16.9 Å². The third-order valence-corrected chi connectivity index (χ3v) is 7.79. The van der Waals surface area contributed by atoms with Crippen LogP contribution in [0.1, 0.15) is 18.1 Å². The molecule has 0 aliphatic carbocycles. The number of thioether (sulfide) groups is 1. The van der Waals surface area contributed by atoms with Gasteiger partial charge >= 0.3 is 0 Å². The molecule has 7 nitrogen and oxygen atoms in total. The summed E-state index contributed by atoms with van der Waals surface area (Å²) < 4.78 is 12.2. The van der Waals surface area contributed by atoms with Crippen LogP contribution in [0.2, 0.25) is 0 Å². The summed E-state index contributed by atoms with van der Waals surface area (Å²) in [5, 5.41) is 16.9. The summed E-state index contributed by atoms with van der Waals surface area (Å²) >= 11 is 2.77. The molecule has 5 aromatic rings. The fraction of sp³-hybridized carbons (Fsp3) is 0.192. The molecule has 35 heavy (non-hydrogen) atoms. The van der Waals surface area contributed by atoms with Gasteiger partial charge in [0.15, 0.2) is 4.34 Å². The number of furan rings is 1. The second-order valence-corrected chi connectivity index (χ2v) is 10.8. The molecule has 0 unspecified atom stereocenters. The molecule has 2 heterocycles. The highest BCUT2D eigenvalue weighted by Crippen LogP contribution is 2.37. The first-order chi connectivity index (χ1) is 16.9. The predicted molar refractivity (Wildman–Crippen MR) is 143 cm³/mol. The standard InChI is InChI=1S/C26H24N4O3S2/c1-14-9-10-17(11-15(14)2)27-25-29-30-26(35-25)34-16(3)24(31)28-20-13-22-19(12-23(20)32-4)18-7-5-6-8-21(18)33-22/h5-13,16H,1-4H3,(H,27,29)(H,28,31)/t16-/m1/s1. The van der Waals surface area contributed by atoms with E-state index in [1.807, 2.05) is 43.3 Å². The molecule has 2 aromatic heterocycles. The largest absolute Gasteiger partial charge is 0.495 e. The molecule has 1 atom stereocenters. The zero-order valence-electron chi connectivity index (χ0n) is 19.7. The maximum atomic E-state index is 13.0. The van der Waals surface area contributed by atoms with Gasteiger partial charge in [0, 0.05) is 22.5 Å². The molecule has 0 spiro atoms. The molecule has 0 aliphatic rings. The highest BCUT2D eigenvalue weighted by molar-refractivity contribution is 8.02. The zero-order chi connectivity index (χ0) is 24.5. The lowest BCUT2D eigenvalue weighted by atomic mass is 10.1. The number of aryl methyl sites for hydroxylation is 2. The minimum Gasteiger partial charge on any atom is -0.495 e. The Labute approximate surface area is 210 Å². The monoisotopic (exact) mass is 504 g/mol. The highest BCUT2D eigenvalue weighted by Gasteiger charge is 2.20. The maximum Gasteiger partial charge on any atom is 0.237 e. The number of amides is 1. The van der Waals surface area contributed by atoms with Gasteiger partial charge in [0.05, 0.1) is 18.0 Å². The SMILES string of the molecule is COc1cc2c(cc1NC(=O)[C@@H](C)Sc1nnc(Nc3ccc(C)c(C)c3)s1)oc1ccccc12. The van der Waals surface area contributed by atoms with Gasteiger partial charge < -0.3 is 19.8 Å². The smallest absolute Gasteiger partial charge is 0.237 e. The molecule has 5 rings (SSSR count). The number of hydrogen-bond donors (Lipinski definition) is 2. The molecule has 2 N–H and O–H groups in total. The normalized spacial score (nSPS) is 12.1. The molecule has 0 bridgehead atoms. The zero-order valence-corrected chi connectivity index (χ0v) is 21.3. The van der Waals surface area contributed by atoms with Gasteiger partial charge in [0.2, 0.25) is 11.0 Å². The molecule has 0 aliphatic heterocycles. The average molecular weight is 505 g/mol. The number of hydrogen-bond acceptors (Lipinski definition) is 8. The lowest BCUT2D eigenvalue weighted by Gasteiger charge is -2.13. The molecule has 178 valence electrons. The first kappa shape index (κ1) is 23.2. The number of benzene rings is 3. The number of para-hydroxylation sites is 1. The molecule has 0 fully saturated rings. The highest BCUT2D eigenvalue weighted by atomic mass is 32.2. The molecule has 0 radical (unpaired) electrons. The third-order valence-electron chi connectivity index (χ3n) is 5.77. The van der Waals surface area contributed by atoms with Crippen LogP contribution in [0.25, 0.3) is 21.9 Å². The molecule has 0 saturated carbocycles. The van der Waals surface area contributed by atoms with Crippen molar-refractivity contribution < 1.29 is 13.9 Å². The summed E-state index contributed by atoms with van der Waals surface area (Å²) in [6.07, 6.45) is 0. The van der Waals surface area contributed by atoms with Crippen molar-refractivity contribution in [2.24, 2.45) is 0 Å². The minimum absolute atomic E-state index is 0.164. The van der Waals surface area contributed by atoms with Crippen LogP contribution in [0.3, 0.4) is 0 Å². The summed E-state index contributed by atoms with van der Waals surface area (Å²) in [6.45, 7) is 5.99. The number of carbonyl (C=O) groups excluding carboxylic acids is 1. The lowest BCUT2D eigenvalue weighted by Crippen LogP contribution is -2.22. The Kier molecular flexibility index (Phi) is 6.36. The number of methoxy groups -OCH3 is 1. The lowest BCUT2D eigenvalue weighted by molar-refractivity contribution is -0.115. The van der Waals surface area contributed by atoms with E-state index in [4.69, 9.17) is 9.15 Å². The number of nitrogens with one attached hydrogen (secondary N) is 2. The van der Waals surface area contributed by atoms with E-state index in [0.717, 1.165) is 22.0 Å². The quantitative estimate of drug-likeness (QED) is 0.232. The molecule has 1 amide bonds. The number of rotatable bonds is 7. The fourth-order valence-electron chi connectivity index (χ4n) is 3.71. The van der Waals surface area contributed by atoms with Crippen molar-refractivity contribution >= 4 is 67.5 Å². The van der Waals surface area contributed by atoms with Crippen LogP contribution >= 0.6 is 23.1 Å². The van der Waals surface area contributed by atoms with Crippen molar-refractivity contribution in [3.63, 3.8) is 0 Å². The van der Waals surface area contributed by atoms with Crippen LogP contribution in [-0.2, 0) is 4.79 Å². The van der Waals surface area contributed by atoms with E-state index in [-0.39, 0.29) is 5.91 Å². The summed E-state index contributed by atoms with van der Waals surface area (Å²) in [5.41, 5.74) is 5.44. The molecule has 3 aromatic carbocycles. The van der Waals surface area contributed by atoms with Gasteiger partial charge in [-0.2, -0.15) is 0 Å². The summed E-state index contributed by atoms with van der Waals surface area (Å²) in [7, 11) is 1.59. The van der Waals surface area contributed by atoms with E-state index in [1.165, 1.54) is 34.2 Å². The number of ether oxygens (including phenoxy) is 1. The van der Waals surface area contributed by atoms with Crippen molar-refractivity contribution in [3.05, 3.63) is 65.7 Å². The van der Waals surface area contributed by atoms with Crippen LogP contribution in [0.15, 0.2) is 63.4 Å². The van der Waals surface area contributed by atoms with Crippen LogP contribution in [0, 0.1) is 13.8 Å².